The first-order valence-electron chi connectivity index (χ1n) is 5.73. The maximum Gasteiger partial charge on any atom is 0.0787 e. The first-order valence-corrected chi connectivity index (χ1v) is 5.73. The van der Waals surface area contributed by atoms with Crippen LogP contribution in [0.15, 0.2) is 0 Å². The summed E-state index contributed by atoms with van der Waals surface area (Å²) in [6.45, 7) is 13.2. The number of nitrogens with one attached hydrogen (secondary N) is 1. The second-order valence-corrected chi connectivity index (χ2v) is 5.70. The molecule has 0 aromatic rings. The minimum Gasteiger partial charge on any atom is -0.368 e. The zero-order valence-corrected chi connectivity index (χ0v) is 10.5. The van der Waals surface area contributed by atoms with Crippen LogP contribution in [0.1, 0.15) is 54.4 Å². The zero-order chi connectivity index (χ0) is 11.0. The van der Waals surface area contributed by atoms with Crippen LogP contribution in [0.3, 0.4) is 0 Å². The van der Waals surface area contributed by atoms with Gasteiger partial charge in [0.1, 0.15) is 0 Å². The highest BCUT2D eigenvalue weighted by molar-refractivity contribution is 4.99. The Morgan fingerprint density at radius 2 is 1.93 bits per heavy atom. The fourth-order valence-electron chi connectivity index (χ4n) is 2.28. The van der Waals surface area contributed by atoms with E-state index < -0.39 is 0 Å². The van der Waals surface area contributed by atoms with Gasteiger partial charge in [-0.25, -0.2) is 0 Å². The third kappa shape index (κ3) is 2.71. The summed E-state index contributed by atoms with van der Waals surface area (Å²) >= 11 is 0. The van der Waals surface area contributed by atoms with Crippen LogP contribution in [0.4, 0.5) is 0 Å². The Kier molecular flexibility index (Phi) is 3.27. The van der Waals surface area contributed by atoms with Crippen LogP contribution < -0.4 is 5.32 Å². The van der Waals surface area contributed by atoms with Gasteiger partial charge in [-0.3, -0.25) is 0 Å². The number of hydrogen-bond acceptors (Lipinski definition) is 2. The van der Waals surface area contributed by atoms with Crippen molar-refractivity contribution >= 4 is 0 Å². The Hall–Kier alpha value is -0.0800. The molecular formula is C12H25NO. The van der Waals surface area contributed by atoms with Crippen LogP contribution in [-0.2, 0) is 4.74 Å². The Morgan fingerprint density at radius 3 is 2.29 bits per heavy atom. The fraction of sp³-hybridized carbons (Fsp3) is 1.00. The maximum absolute atomic E-state index is 6.03. The third-order valence-corrected chi connectivity index (χ3v) is 3.17. The van der Waals surface area contributed by atoms with Gasteiger partial charge in [0.2, 0.25) is 0 Å². The first kappa shape index (κ1) is 12.0. The van der Waals surface area contributed by atoms with E-state index in [-0.39, 0.29) is 11.2 Å². The van der Waals surface area contributed by atoms with Crippen molar-refractivity contribution in [2.24, 2.45) is 0 Å². The largest absolute Gasteiger partial charge is 0.368 e. The molecule has 0 saturated carbocycles. The monoisotopic (exact) mass is 199 g/mol. The smallest absolute Gasteiger partial charge is 0.0787 e. The van der Waals surface area contributed by atoms with Crippen molar-refractivity contribution in [3.63, 3.8) is 0 Å². The molecule has 0 unspecified atom stereocenters. The minimum absolute atomic E-state index is 0.0224. The van der Waals surface area contributed by atoms with Crippen LogP contribution in [-0.4, -0.2) is 23.3 Å². The quantitative estimate of drug-likeness (QED) is 0.754. The Bertz CT molecular complexity index is 198. The molecule has 1 N–H and O–H groups in total. The van der Waals surface area contributed by atoms with Gasteiger partial charge in [0.25, 0.3) is 0 Å². The molecule has 1 aliphatic rings. The second-order valence-electron chi connectivity index (χ2n) is 5.70. The molecule has 1 rings (SSSR count). The molecular weight excluding hydrogens is 174 g/mol. The average molecular weight is 199 g/mol. The van der Waals surface area contributed by atoms with E-state index in [0.717, 1.165) is 6.42 Å². The van der Waals surface area contributed by atoms with Crippen molar-refractivity contribution in [2.75, 3.05) is 0 Å². The first-order chi connectivity index (χ1) is 6.27. The van der Waals surface area contributed by atoms with Gasteiger partial charge < -0.3 is 10.1 Å². The number of hydrogen-bond donors (Lipinski definition) is 1. The Balaban J connectivity index is 2.61. The van der Waals surface area contributed by atoms with Crippen molar-refractivity contribution in [1.29, 1.82) is 0 Å². The van der Waals surface area contributed by atoms with E-state index in [1.54, 1.807) is 0 Å². The molecule has 0 aliphatic carbocycles. The Labute approximate surface area is 88.4 Å². The Morgan fingerprint density at radius 1 is 1.36 bits per heavy atom. The molecule has 0 amide bonds. The summed E-state index contributed by atoms with van der Waals surface area (Å²) in [7, 11) is 0. The highest BCUT2D eigenvalue weighted by atomic mass is 16.5. The third-order valence-electron chi connectivity index (χ3n) is 3.17. The lowest BCUT2D eigenvalue weighted by atomic mass is 9.93. The molecule has 0 aromatic carbocycles. The van der Waals surface area contributed by atoms with E-state index >= 15 is 0 Å². The van der Waals surface area contributed by atoms with Crippen molar-refractivity contribution in [2.45, 2.75) is 77.7 Å². The lowest BCUT2D eigenvalue weighted by molar-refractivity contribution is -0.0703. The summed E-state index contributed by atoms with van der Waals surface area (Å²) in [5, 5.41) is 3.65. The molecule has 1 aliphatic heterocycles. The molecule has 14 heavy (non-hydrogen) atoms. The van der Waals surface area contributed by atoms with E-state index in [9.17, 15) is 0 Å². The fourth-order valence-corrected chi connectivity index (χ4v) is 2.28. The predicted molar refractivity (Wildman–Crippen MR) is 60.5 cm³/mol. The van der Waals surface area contributed by atoms with E-state index in [4.69, 9.17) is 4.74 Å². The molecule has 2 nitrogen and oxygen atoms in total. The van der Waals surface area contributed by atoms with Crippen LogP contribution in [0.2, 0.25) is 0 Å². The standard InChI is InChI=1S/C12H25NO/c1-7-9(2)13-10-8-11(3,4)14-12(10,5)6/h9-10,13H,7-8H2,1-6H3/t9-,10+/m0/s1. The van der Waals surface area contributed by atoms with Gasteiger partial charge in [0, 0.05) is 12.1 Å². The minimum atomic E-state index is -0.0348. The number of ether oxygens (including phenoxy) is 1. The normalized spacial score (nSPS) is 31.7. The molecule has 1 saturated heterocycles. The summed E-state index contributed by atoms with van der Waals surface area (Å²) in [6, 6.07) is 1.06. The van der Waals surface area contributed by atoms with Crippen LogP contribution >= 0.6 is 0 Å². The van der Waals surface area contributed by atoms with Gasteiger partial charge in [0.05, 0.1) is 11.2 Å². The summed E-state index contributed by atoms with van der Waals surface area (Å²) in [5.41, 5.74) is -0.0123. The molecule has 2 heteroatoms. The molecule has 0 radical (unpaired) electrons. The number of rotatable bonds is 3. The van der Waals surface area contributed by atoms with Gasteiger partial charge in [-0.2, -0.15) is 0 Å². The van der Waals surface area contributed by atoms with Crippen molar-refractivity contribution in [1.82, 2.24) is 5.32 Å². The van der Waals surface area contributed by atoms with Crippen LogP contribution in [0.5, 0.6) is 0 Å². The zero-order valence-electron chi connectivity index (χ0n) is 10.5. The molecule has 0 spiro atoms. The highest BCUT2D eigenvalue weighted by Crippen LogP contribution is 2.37. The van der Waals surface area contributed by atoms with Gasteiger partial charge in [-0.15, -0.1) is 0 Å². The topological polar surface area (TPSA) is 21.3 Å². The summed E-state index contributed by atoms with van der Waals surface area (Å²) < 4.78 is 6.03. The molecule has 2 atom stereocenters. The second kappa shape index (κ2) is 3.82. The lowest BCUT2D eigenvalue weighted by Crippen LogP contribution is -2.46. The summed E-state index contributed by atoms with van der Waals surface area (Å²) in [4.78, 5) is 0. The van der Waals surface area contributed by atoms with Gasteiger partial charge in [0.15, 0.2) is 0 Å². The SMILES string of the molecule is CC[C@H](C)N[C@@H]1CC(C)(C)OC1(C)C. The molecule has 1 fully saturated rings. The molecule has 1 heterocycles. The van der Waals surface area contributed by atoms with E-state index in [1.165, 1.54) is 6.42 Å². The van der Waals surface area contributed by atoms with Crippen LogP contribution in [0, 0.1) is 0 Å². The van der Waals surface area contributed by atoms with E-state index in [1.807, 2.05) is 0 Å². The highest BCUT2D eigenvalue weighted by Gasteiger charge is 2.45. The average Bonchev–Trinajstić information content (AvgIpc) is 2.19. The van der Waals surface area contributed by atoms with Crippen molar-refractivity contribution in [3.05, 3.63) is 0 Å². The molecule has 0 bridgehead atoms. The summed E-state index contributed by atoms with van der Waals surface area (Å²) in [5.74, 6) is 0. The molecule has 84 valence electrons. The maximum atomic E-state index is 6.03. The van der Waals surface area contributed by atoms with Crippen LogP contribution in [0.25, 0.3) is 0 Å². The van der Waals surface area contributed by atoms with Crippen molar-refractivity contribution < 1.29 is 4.74 Å². The van der Waals surface area contributed by atoms with Gasteiger partial charge in [-0.05, 0) is 47.5 Å². The lowest BCUT2D eigenvalue weighted by Gasteiger charge is -2.29. The van der Waals surface area contributed by atoms with Crippen molar-refractivity contribution in [3.8, 4) is 0 Å². The predicted octanol–water partition coefficient (Wildman–Crippen LogP) is 2.72. The summed E-state index contributed by atoms with van der Waals surface area (Å²) in [6.07, 6.45) is 2.28. The van der Waals surface area contributed by atoms with E-state index in [2.05, 4.69) is 46.9 Å². The van der Waals surface area contributed by atoms with Gasteiger partial charge >= 0.3 is 0 Å². The molecule has 0 aromatic heterocycles. The van der Waals surface area contributed by atoms with E-state index in [0.29, 0.717) is 12.1 Å². The van der Waals surface area contributed by atoms with Gasteiger partial charge in [-0.1, -0.05) is 6.92 Å².